The van der Waals surface area contributed by atoms with Gasteiger partial charge < -0.3 is 14.6 Å². The Morgan fingerprint density at radius 3 is 2.44 bits per heavy atom. The Hall–Kier alpha value is -1.78. The van der Waals surface area contributed by atoms with Gasteiger partial charge in [0.25, 0.3) is 0 Å². The van der Waals surface area contributed by atoms with Gasteiger partial charge in [-0.3, -0.25) is 0 Å². The lowest BCUT2D eigenvalue weighted by Crippen LogP contribution is -2.21. The van der Waals surface area contributed by atoms with Gasteiger partial charge in [0.15, 0.2) is 5.79 Å². The summed E-state index contributed by atoms with van der Waals surface area (Å²) in [6, 6.07) is 9.38. The summed E-state index contributed by atoms with van der Waals surface area (Å²) in [5.74, 6) is 10.9. The van der Waals surface area contributed by atoms with Gasteiger partial charge in [0.2, 0.25) is 0 Å². The van der Waals surface area contributed by atoms with E-state index in [2.05, 4.69) is 30.6 Å². The molecule has 1 saturated heterocycles. The summed E-state index contributed by atoms with van der Waals surface area (Å²) in [6.07, 6.45) is 7.14. The predicted molar refractivity (Wildman–Crippen MR) is 109 cm³/mol. The summed E-state index contributed by atoms with van der Waals surface area (Å²) >= 11 is 0. The molecule has 146 valence electrons. The number of hydrogen-bond acceptors (Lipinski definition) is 3. The molecule has 3 heteroatoms. The molecule has 0 aliphatic carbocycles. The van der Waals surface area contributed by atoms with Crippen LogP contribution >= 0.6 is 0 Å². The van der Waals surface area contributed by atoms with Gasteiger partial charge >= 0.3 is 0 Å². The SMILES string of the molecule is CCCCCCC[C@@H]1OC(C)(C)O[C@H]1CC#CC#C[C@H](O)c1ccccc1. The first kappa shape index (κ1) is 21.5. The van der Waals surface area contributed by atoms with E-state index in [-0.39, 0.29) is 12.2 Å². The summed E-state index contributed by atoms with van der Waals surface area (Å²) in [5.41, 5.74) is 0.782. The summed E-state index contributed by atoms with van der Waals surface area (Å²) in [5, 5.41) is 10.0. The van der Waals surface area contributed by atoms with E-state index in [1.54, 1.807) is 0 Å². The molecule has 0 bridgehead atoms. The van der Waals surface area contributed by atoms with Crippen LogP contribution in [0.25, 0.3) is 0 Å². The molecular weight excluding hydrogens is 336 g/mol. The number of hydrogen-bond donors (Lipinski definition) is 1. The van der Waals surface area contributed by atoms with Crippen molar-refractivity contribution in [3.8, 4) is 23.7 Å². The van der Waals surface area contributed by atoms with Crippen molar-refractivity contribution in [1.29, 1.82) is 0 Å². The average Bonchev–Trinajstić information content (AvgIpc) is 2.95. The molecule has 0 saturated carbocycles. The molecule has 0 radical (unpaired) electrons. The van der Waals surface area contributed by atoms with Crippen molar-refractivity contribution in [2.24, 2.45) is 0 Å². The maximum Gasteiger partial charge on any atom is 0.163 e. The van der Waals surface area contributed by atoms with Crippen LogP contribution in [0.15, 0.2) is 30.3 Å². The van der Waals surface area contributed by atoms with E-state index in [1.807, 2.05) is 44.2 Å². The van der Waals surface area contributed by atoms with Gasteiger partial charge in [-0.25, -0.2) is 0 Å². The molecule has 1 heterocycles. The van der Waals surface area contributed by atoms with E-state index in [0.29, 0.717) is 6.42 Å². The lowest BCUT2D eigenvalue weighted by molar-refractivity contribution is -0.146. The van der Waals surface area contributed by atoms with E-state index in [9.17, 15) is 5.11 Å². The highest BCUT2D eigenvalue weighted by atomic mass is 16.7. The van der Waals surface area contributed by atoms with Crippen molar-refractivity contribution >= 4 is 0 Å². The van der Waals surface area contributed by atoms with Crippen LogP contribution in [0.3, 0.4) is 0 Å². The molecule has 3 atom stereocenters. The predicted octanol–water partition coefficient (Wildman–Crippen LogP) is 5.00. The van der Waals surface area contributed by atoms with Gasteiger partial charge in [-0.05, 0) is 37.7 Å². The van der Waals surface area contributed by atoms with E-state index < -0.39 is 11.9 Å². The summed E-state index contributed by atoms with van der Waals surface area (Å²) < 4.78 is 12.1. The Kier molecular flexibility index (Phi) is 8.89. The second kappa shape index (κ2) is 11.2. The zero-order chi connectivity index (χ0) is 19.5. The lowest BCUT2D eigenvalue weighted by Gasteiger charge is -2.16. The van der Waals surface area contributed by atoms with Crippen molar-refractivity contribution in [3.63, 3.8) is 0 Å². The summed E-state index contributed by atoms with van der Waals surface area (Å²) in [6.45, 7) is 6.15. The first-order chi connectivity index (χ1) is 13.0. The molecule has 1 aliphatic heterocycles. The van der Waals surface area contributed by atoms with Gasteiger partial charge in [-0.1, -0.05) is 81.2 Å². The molecule has 0 amide bonds. The van der Waals surface area contributed by atoms with Crippen LogP contribution in [0.2, 0.25) is 0 Å². The minimum absolute atomic E-state index is 0.0143. The van der Waals surface area contributed by atoms with Gasteiger partial charge in [-0.2, -0.15) is 0 Å². The fourth-order valence-electron chi connectivity index (χ4n) is 3.29. The number of rotatable bonds is 8. The number of aliphatic hydroxyl groups excluding tert-OH is 1. The topological polar surface area (TPSA) is 38.7 Å². The van der Waals surface area contributed by atoms with Crippen LogP contribution in [-0.2, 0) is 9.47 Å². The third kappa shape index (κ3) is 7.77. The molecule has 0 aromatic heterocycles. The van der Waals surface area contributed by atoms with Crippen LogP contribution in [-0.4, -0.2) is 23.1 Å². The van der Waals surface area contributed by atoms with E-state index in [4.69, 9.17) is 9.47 Å². The zero-order valence-electron chi connectivity index (χ0n) is 16.8. The number of unbranched alkanes of at least 4 members (excludes halogenated alkanes) is 4. The fraction of sp³-hybridized carbons (Fsp3) is 0.583. The standard InChI is InChI=1S/C24H32O3/c1-4-5-6-7-13-18-22-23(27-24(2,3)26-22)19-14-9-12-17-21(25)20-15-10-8-11-16-20/h8,10-11,15-16,21-23,25H,4-7,13,18-19H2,1-3H3/t21-,22-,23-/m0/s1. The smallest absolute Gasteiger partial charge is 0.163 e. The highest BCUT2D eigenvalue weighted by Crippen LogP contribution is 2.32. The second-order valence-electron chi connectivity index (χ2n) is 7.50. The van der Waals surface area contributed by atoms with Crippen molar-refractivity contribution in [1.82, 2.24) is 0 Å². The highest BCUT2D eigenvalue weighted by Gasteiger charge is 2.40. The third-order valence-corrected chi connectivity index (χ3v) is 4.66. The average molecular weight is 369 g/mol. The highest BCUT2D eigenvalue weighted by molar-refractivity contribution is 5.32. The Bertz CT molecular complexity index is 672. The van der Waals surface area contributed by atoms with E-state index in [1.165, 1.54) is 25.7 Å². The van der Waals surface area contributed by atoms with Crippen molar-refractivity contribution < 1.29 is 14.6 Å². The Balaban J connectivity index is 1.82. The summed E-state index contributed by atoms with van der Waals surface area (Å²) in [7, 11) is 0. The number of benzene rings is 1. The molecule has 1 fully saturated rings. The maximum atomic E-state index is 10.0. The molecule has 1 aromatic rings. The van der Waals surface area contributed by atoms with Gasteiger partial charge in [-0.15, -0.1) is 0 Å². The molecule has 3 nitrogen and oxygen atoms in total. The molecule has 0 spiro atoms. The molecule has 27 heavy (non-hydrogen) atoms. The van der Waals surface area contributed by atoms with Crippen molar-refractivity contribution in [3.05, 3.63) is 35.9 Å². The van der Waals surface area contributed by atoms with Crippen LogP contribution in [0.4, 0.5) is 0 Å². The van der Waals surface area contributed by atoms with Gasteiger partial charge in [0.1, 0.15) is 6.10 Å². The van der Waals surface area contributed by atoms with Gasteiger partial charge in [0, 0.05) is 6.42 Å². The van der Waals surface area contributed by atoms with Crippen LogP contribution in [0.5, 0.6) is 0 Å². The lowest BCUT2D eigenvalue weighted by atomic mass is 10.0. The zero-order valence-corrected chi connectivity index (χ0v) is 16.8. The largest absolute Gasteiger partial charge is 0.376 e. The molecule has 0 unspecified atom stereocenters. The Morgan fingerprint density at radius 2 is 1.70 bits per heavy atom. The molecule has 1 aliphatic rings. The van der Waals surface area contributed by atoms with Crippen LogP contribution < -0.4 is 0 Å². The number of aliphatic hydroxyl groups is 1. The summed E-state index contributed by atoms with van der Waals surface area (Å²) in [4.78, 5) is 0. The minimum atomic E-state index is -0.804. The molecular formula is C24H32O3. The van der Waals surface area contributed by atoms with Crippen LogP contribution in [0, 0.1) is 23.7 Å². The van der Waals surface area contributed by atoms with Gasteiger partial charge in [0.05, 0.1) is 12.2 Å². The first-order valence-corrected chi connectivity index (χ1v) is 10.1. The fourth-order valence-corrected chi connectivity index (χ4v) is 3.29. The molecule has 1 aromatic carbocycles. The second-order valence-corrected chi connectivity index (χ2v) is 7.50. The molecule has 1 N–H and O–H groups in total. The monoisotopic (exact) mass is 368 g/mol. The Labute approximate surface area is 164 Å². The normalized spacial score (nSPS) is 21.6. The number of ether oxygens (including phenoxy) is 2. The van der Waals surface area contributed by atoms with Crippen molar-refractivity contribution in [2.45, 2.75) is 89.8 Å². The van der Waals surface area contributed by atoms with E-state index in [0.717, 1.165) is 18.4 Å². The van der Waals surface area contributed by atoms with Crippen molar-refractivity contribution in [2.75, 3.05) is 0 Å². The molecule has 2 rings (SSSR count). The Morgan fingerprint density at radius 1 is 1.00 bits per heavy atom. The maximum absolute atomic E-state index is 10.0. The van der Waals surface area contributed by atoms with E-state index >= 15 is 0 Å². The minimum Gasteiger partial charge on any atom is -0.376 e. The third-order valence-electron chi connectivity index (χ3n) is 4.66. The first-order valence-electron chi connectivity index (χ1n) is 10.1. The quantitative estimate of drug-likeness (QED) is 0.518. The van der Waals surface area contributed by atoms with Crippen LogP contribution in [0.1, 0.15) is 77.4 Å².